The lowest BCUT2D eigenvalue weighted by Gasteiger charge is -2.14. The molecule has 142 valence electrons. The van der Waals surface area contributed by atoms with Crippen molar-refractivity contribution in [3.8, 4) is 5.69 Å². The molecule has 0 aliphatic carbocycles. The predicted octanol–water partition coefficient (Wildman–Crippen LogP) is 2.67. The van der Waals surface area contributed by atoms with Crippen molar-refractivity contribution in [3.63, 3.8) is 0 Å². The lowest BCUT2D eigenvalue weighted by molar-refractivity contribution is -0.122. The first-order valence-corrected chi connectivity index (χ1v) is 9.38. The Labute approximate surface area is 158 Å². The van der Waals surface area contributed by atoms with E-state index in [2.05, 4.69) is 22.3 Å². The molecule has 27 heavy (non-hydrogen) atoms. The number of fused-ring (bicyclic) bond motifs is 1. The maximum Gasteiger partial charge on any atom is 0.264 e. The fourth-order valence-corrected chi connectivity index (χ4v) is 3.07. The van der Waals surface area contributed by atoms with E-state index < -0.39 is 0 Å². The summed E-state index contributed by atoms with van der Waals surface area (Å²) in [6, 6.07) is 9.60. The number of unbranched alkanes of at least 4 members (excludes halogenated alkanes) is 2. The summed E-state index contributed by atoms with van der Waals surface area (Å²) in [4.78, 5) is 29.3. The second kappa shape index (κ2) is 8.62. The number of rotatable bonds is 8. The maximum absolute atomic E-state index is 12.7. The highest BCUT2D eigenvalue weighted by Crippen LogP contribution is 2.12. The van der Waals surface area contributed by atoms with Crippen molar-refractivity contribution in [1.82, 2.24) is 24.6 Å². The van der Waals surface area contributed by atoms with Crippen molar-refractivity contribution < 1.29 is 4.79 Å². The molecule has 0 saturated carbocycles. The number of nitrogens with one attached hydrogen (secondary N) is 1. The second-order valence-corrected chi connectivity index (χ2v) is 6.77. The maximum atomic E-state index is 12.7. The first kappa shape index (κ1) is 18.8. The van der Waals surface area contributed by atoms with Crippen molar-refractivity contribution in [2.75, 3.05) is 0 Å². The van der Waals surface area contributed by atoms with Crippen molar-refractivity contribution in [2.24, 2.45) is 0 Å². The highest BCUT2D eigenvalue weighted by molar-refractivity contribution is 5.78. The third kappa shape index (κ3) is 4.42. The Kier molecular flexibility index (Phi) is 6.01. The zero-order valence-corrected chi connectivity index (χ0v) is 15.8. The van der Waals surface area contributed by atoms with E-state index in [0.29, 0.717) is 11.0 Å². The molecular formula is C20H25N5O2. The van der Waals surface area contributed by atoms with Crippen LogP contribution in [0.15, 0.2) is 47.7 Å². The molecule has 0 aliphatic heterocycles. The summed E-state index contributed by atoms with van der Waals surface area (Å²) in [7, 11) is 0. The number of amides is 1. The number of carbonyl (C=O) groups is 1. The number of hydrogen-bond donors (Lipinski definition) is 1. The standard InChI is InChI=1S/C20H25N5O2/c1-3-4-6-9-15(2)23-18(26)13-24-14-21-19-17(20(24)27)12-22-25(19)16-10-7-5-8-11-16/h5,7-8,10-12,14-15H,3-4,6,9,13H2,1-2H3,(H,23,26)/t15-/m1/s1. The van der Waals surface area contributed by atoms with Crippen molar-refractivity contribution >= 4 is 16.9 Å². The first-order chi connectivity index (χ1) is 13.1. The minimum atomic E-state index is -0.268. The quantitative estimate of drug-likeness (QED) is 0.621. The molecule has 0 spiro atoms. The van der Waals surface area contributed by atoms with Crippen molar-refractivity contribution in [2.45, 2.75) is 52.1 Å². The van der Waals surface area contributed by atoms with Crippen LogP contribution in [0.3, 0.4) is 0 Å². The molecule has 3 aromatic rings. The van der Waals surface area contributed by atoms with E-state index in [1.807, 2.05) is 37.3 Å². The van der Waals surface area contributed by atoms with E-state index in [-0.39, 0.29) is 24.1 Å². The van der Waals surface area contributed by atoms with Gasteiger partial charge in [-0.1, -0.05) is 44.4 Å². The third-order valence-electron chi connectivity index (χ3n) is 4.52. The van der Waals surface area contributed by atoms with Gasteiger partial charge >= 0.3 is 0 Å². The van der Waals surface area contributed by atoms with Gasteiger partial charge in [0.1, 0.15) is 18.3 Å². The first-order valence-electron chi connectivity index (χ1n) is 9.38. The molecule has 7 nitrogen and oxygen atoms in total. The van der Waals surface area contributed by atoms with Crippen LogP contribution in [-0.4, -0.2) is 31.3 Å². The van der Waals surface area contributed by atoms with Gasteiger partial charge in [0.2, 0.25) is 5.91 Å². The van der Waals surface area contributed by atoms with Crippen LogP contribution in [0.25, 0.3) is 16.7 Å². The van der Waals surface area contributed by atoms with E-state index >= 15 is 0 Å². The van der Waals surface area contributed by atoms with Crippen LogP contribution >= 0.6 is 0 Å². The minimum absolute atomic E-state index is 0.0452. The fraction of sp³-hybridized carbons (Fsp3) is 0.400. The fourth-order valence-electron chi connectivity index (χ4n) is 3.07. The third-order valence-corrected chi connectivity index (χ3v) is 4.52. The van der Waals surface area contributed by atoms with Crippen LogP contribution in [0, 0.1) is 0 Å². The van der Waals surface area contributed by atoms with Crippen LogP contribution in [0.5, 0.6) is 0 Å². The minimum Gasteiger partial charge on any atom is -0.352 e. The lowest BCUT2D eigenvalue weighted by atomic mass is 10.1. The van der Waals surface area contributed by atoms with Gasteiger partial charge in [0, 0.05) is 6.04 Å². The molecule has 1 atom stereocenters. The molecule has 2 heterocycles. The van der Waals surface area contributed by atoms with E-state index in [0.717, 1.165) is 31.4 Å². The molecule has 0 radical (unpaired) electrons. The predicted molar refractivity (Wildman–Crippen MR) is 105 cm³/mol. The number of nitrogens with zero attached hydrogens (tertiary/aromatic N) is 4. The summed E-state index contributed by atoms with van der Waals surface area (Å²) in [5.74, 6) is -0.183. The summed E-state index contributed by atoms with van der Waals surface area (Å²) in [5, 5.41) is 7.62. The monoisotopic (exact) mass is 367 g/mol. The van der Waals surface area contributed by atoms with Crippen LogP contribution in [-0.2, 0) is 11.3 Å². The topological polar surface area (TPSA) is 81.8 Å². The Bertz CT molecular complexity index is 961. The smallest absolute Gasteiger partial charge is 0.264 e. The summed E-state index contributed by atoms with van der Waals surface area (Å²) in [5.41, 5.74) is 1.04. The van der Waals surface area contributed by atoms with Crippen LogP contribution < -0.4 is 10.9 Å². The van der Waals surface area contributed by atoms with Gasteiger partial charge in [-0.3, -0.25) is 14.2 Å². The van der Waals surface area contributed by atoms with Crippen molar-refractivity contribution in [3.05, 3.63) is 53.2 Å². The van der Waals surface area contributed by atoms with Crippen LogP contribution in [0.2, 0.25) is 0 Å². The number of para-hydroxylation sites is 1. The molecule has 0 saturated heterocycles. The van der Waals surface area contributed by atoms with E-state index in [9.17, 15) is 9.59 Å². The number of hydrogen-bond acceptors (Lipinski definition) is 4. The number of carbonyl (C=O) groups excluding carboxylic acids is 1. The Morgan fingerprint density at radius 2 is 2.00 bits per heavy atom. The Morgan fingerprint density at radius 1 is 1.22 bits per heavy atom. The Morgan fingerprint density at radius 3 is 2.74 bits per heavy atom. The average Bonchev–Trinajstić information content (AvgIpc) is 3.10. The largest absolute Gasteiger partial charge is 0.352 e. The summed E-state index contributed by atoms with van der Waals surface area (Å²) in [6.07, 6.45) is 7.25. The van der Waals surface area contributed by atoms with Crippen LogP contribution in [0.4, 0.5) is 0 Å². The highest BCUT2D eigenvalue weighted by Gasteiger charge is 2.14. The van der Waals surface area contributed by atoms with Crippen LogP contribution in [0.1, 0.15) is 39.5 Å². The molecular weight excluding hydrogens is 342 g/mol. The van der Waals surface area contributed by atoms with Gasteiger partial charge in [-0.05, 0) is 25.5 Å². The zero-order chi connectivity index (χ0) is 19.2. The molecule has 0 bridgehead atoms. The molecule has 1 amide bonds. The SMILES string of the molecule is CCCCC[C@@H](C)NC(=O)Cn1cnc2c(cnn2-c2ccccc2)c1=O. The Hall–Kier alpha value is -2.96. The summed E-state index contributed by atoms with van der Waals surface area (Å²) < 4.78 is 2.95. The molecule has 2 aromatic heterocycles. The van der Waals surface area contributed by atoms with Gasteiger partial charge in [-0.15, -0.1) is 0 Å². The van der Waals surface area contributed by atoms with E-state index in [1.54, 1.807) is 4.68 Å². The molecule has 3 rings (SSSR count). The molecule has 1 N–H and O–H groups in total. The molecule has 0 unspecified atom stereocenters. The Balaban J connectivity index is 1.74. The van der Waals surface area contributed by atoms with E-state index in [4.69, 9.17) is 0 Å². The second-order valence-electron chi connectivity index (χ2n) is 6.77. The lowest BCUT2D eigenvalue weighted by Crippen LogP contribution is -2.37. The zero-order valence-electron chi connectivity index (χ0n) is 15.8. The molecule has 0 fully saturated rings. The van der Waals surface area contributed by atoms with Gasteiger partial charge in [0.25, 0.3) is 5.56 Å². The summed E-state index contributed by atoms with van der Waals surface area (Å²) in [6.45, 7) is 4.09. The molecule has 0 aliphatic rings. The average molecular weight is 367 g/mol. The molecule has 1 aromatic carbocycles. The van der Waals surface area contributed by atoms with Gasteiger partial charge in [-0.25, -0.2) is 9.67 Å². The van der Waals surface area contributed by atoms with Gasteiger partial charge in [0.05, 0.1) is 11.9 Å². The summed E-state index contributed by atoms with van der Waals surface area (Å²) >= 11 is 0. The number of benzene rings is 1. The van der Waals surface area contributed by atoms with Gasteiger partial charge in [-0.2, -0.15) is 5.10 Å². The van der Waals surface area contributed by atoms with Gasteiger partial charge in [0.15, 0.2) is 5.65 Å². The van der Waals surface area contributed by atoms with Gasteiger partial charge < -0.3 is 5.32 Å². The van der Waals surface area contributed by atoms with Crippen molar-refractivity contribution in [1.29, 1.82) is 0 Å². The normalized spacial score (nSPS) is 12.2. The highest BCUT2D eigenvalue weighted by atomic mass is 16.2. The number of aromatic nitrogens is 4. The van der Waals surface area contributed by atoms with E-state index in [1.165, 1.54) is 17.1 Å². The molecule has 7 heteroatoms.